The second-order valence-corrected chi connectivity index (χ2v) is 6.57. The van der Waals surface area contributed by atoms with Crippen molar-refractivity contribution in [1.29, 1.82) is 0 Å². The van der Waals surface area contributed by atoms with Crippen molar-refractivity contribution in [2.45, 2.75) is 32.7 Å². The third-order valence-corrected chi connectivity index (χ3v) is 5.15. The summed E-state index contributed by atoms with van der Waals surface area (Å²) in [6, 6.07) is 3.54. The van der Waals surface area contributed by atoms with Gasteiger partial charge < -0.3 is 14.8 Å². The van der Waals surface area contributed by atoms with Gasteiger partial charge in [-0.15, -0.1) is 11.3 Å². The Morgan fingerprint density at radius 3 is 2.82 bits per heavy atom. The molecule has 116 valence electrons. The lowest BCUT2D eigenvalue weighted by atomic mass is 10.2. The molecule has 0 radical (unpaired) electrons. The molecule has 0 aliphatic heterocycles. The molecule has 2 aromatic heterocycles. The molecule has 0 spiro atoms. The molecule has 0 unspecified atom stereocenters. The van der Waals surface area contributed by atoms with Crippen molar-refractivity contribution in [3.63, 3.8) is 0 Å². The van der Waals surface area contributed by atoms with E-state index in [1.807, 2.05) is 0 Å². The Labute approximate surface area is 132 Å². The van der Waals surface area contributed by atoms with Crippen molar-refractivity contribution in [2.24, 2.45) is 5.92 Å². The second kappa shape index (κ2) is 5.61. The number of amides is 1. The van der Waals surface area contributed by atoms with E-state index in [9.17, 15) is 9.59 Å². The van der Waals surface area contributed by atoms with Gasteiger partial charge in [0.1, 0.15) is 17.1 Å². The van der Waals surface area contributed by atoms with Crippen molar-refractivity contribution in [2.75, 3.05) is 0 Å². The number of hydrogen-bond donors (Lipinski definition) is 2. The van der Waals surface area contributed by atoms with Gasteiger partial charge in [0.25, 0.3) is 0 Å². The molecule has 0 saturated heterocycles. The minimum absolute atomic E-state index is 0.00345. The maximum Gasteiger partial charge on any atom is 0.339 e. The number of carbonyl (C=O) groups is 2. The summed E-state index contributed by atoms with van der Waals surface area (Å²) in [6.07, 6.45) is 0.880. The van der Waals surface area contributed by atoms with Gasteiger partial charge in [0, 0.05) is 16.7 Å². The Balaban J connectivity index is 1.57. The summed E-state index contributed by atoms with van der Waals surface area (Å²) >= 11 is 1.70. The molecule has 1 amide bonds. The summed E-state index contributed by atoms with van der Waals surface area (Å²) in [7, 11) is 0. The molecule has 2 heterocycles. The van der Waals surface area contributed by atoms with E-state index >= 15 is 0 Å². The first-order chi connectivity index (χ1) is 10.5. The first-order valence-electron chi connectivity index (χ1n) is 7.11. The first-order valence-corrected chi connectivity index (χ1v) is 7.99. The molecule has 1 aliphatic rings. The van der Waals surface area contributed by atoms with Crippen molar-refractivity contribution in [1.82, 2.24) is 5.32 Å². The van der Waals surface area contributed by atoms with Crippen LogP contribution in [0.25, 0.3) is 0 Å². The Kier molecular flexibility index (Phi) is 3.78. The maximum atomic E-state index is 12.2. The molecular weight excluding hydrogens is 302 g/mol. The molecule has 2 aromatic rings. The molecular formula is C16H17NO4S. The van der Waals surface area contributed by atoms with E-state index in [1.54, 1.807) is 18.3 Å². The van der Waals surface area contributed by atoms with Crippen LogP contribution in [0.15, 0.2) is 21.9 Å². The Morgan fingerprint density at radius 2 is 2.23 bits per heavy atom. The van der Waals surface area contributed by atoms with Crippen LogP contribution in [-0.2, 0) is 11.3 Å². The lowest BCUT2D eigenvalue weighted by molar-refractivity contribution is -0.122. The van der Waals surface area contributed by atoms with Gasteiger partial charge in [-0.2, -0.15) is 0 Å². The number of carbonyl (C=O) groups excluding carboxylic acids is 1. The zero-order chi connectivity index (χ0) is 15.9. The Bertz CT molecular complexity index is 730. The SMILES string of the molecule is Cc1ccsc1[C@H]1C[C@@H]1C(=O)NCc1cc(C(=O)O)c(C)o1. The quantitative estimate of drug-likeness (QED) is 0.887. The summed E-state index contributed by atoms with van der Waals surface area (Å²) in [5, 5.41) is 13.9. The number of furan rings is 1. The molecule has 2 atom stereocenters. The summed E-state index contributed by atoms with van der Waals surface area (Å²) in [4.78, 5) is 24.4. The van der Waals surface area contributed by atoms with Gasteiger partial charge >= 0.3 is 5.97 Å². The lowest BCUT2D eigenvalue weighted by Crippen LogP contribution is -2.24. The Morgan fingerprint density at radius 1 is 1.45 bits per heavy atom. The fourth-order valence-electron chi connectivity index (χ4n) is 2.69. The number of aromatic carboxylic acids is 1. The molecule has 22 heavy (non-hydrogen) atoms. The smallest absolute Gasteiger partial charge is 0.339 e. The summed E-state index contributed by atoms with van der Waals surface area (Å²) in [5.74, 6) is 0.154. The number of aryl methyl sites for hydroxylation is 2. The predicted octanol–water partition coefficient (Wildman–Crippen LogP) is 3.08. The van der Waals surface area contributed by atoms with Gasteiger partial charge in [0.05, 0.1) is 6.54 Å². The average molecular weight is 319 g/mol. The maximum absolute atomic E-state index is 12.2. The molecule has 1 aliphatic carbocycles. The minimum Gasteiger partial charge on any atom is -0.478 e. The van der Waals surface area contributed by atoms with Gasteiger partial charge in [-0.05, 0) is 43.3 Å². The van der Waals surface area contributed by atoms with Gasteiger partial charge in [-0.3, -0.25) is 4.79 Å². The zero-order valence-corrected chi connectivity index (χ0v) is 13.2. The van der Waals surface area contributed by atoms with E-state index in [0.29, 0.717) is 17.4 Å². The van der Waals surface area contributed by atoms with Crippen molar-refractivity contribution in [3.8, 4) is 0 Å². The highest BCUT2D eigenvalue weighted by molar-refractivity contribution is 7.10. The van der Waals surface area contributed by atoms with E-state index in [0.717, 1.165) is 6.42 Å². The molecule has 5 nitrogen and oxygen atoms in total. The third-order valence-electron chi connectivity index (χ3n) is 4.00. The van der Waals surface area contributed by atoms with E-state index in [4.69, 9.17) is 9.52 Å². The highest BCUT2D eigenvalue weighted by Gasteiger charge is 2.45. The van der Waals surface area contributed by atoms with E-state index < -0.39 is 5.97 Å². The molecule has 3 rings (SSSR count). The summed E-state index contributed by atoms with van der Waals surface area (Å²) in [5.41, 5.74) is 1.39. The van der Waals surface area contributed by atoms with Crippen LogP contribution in [0, 0.1) is 19.8 Å². The fourth-order valence-corrected chi connectivity index (χ4v) is 3.80. The van der Waals surface area contributed by atoms with Gasteiger partial charge in [-0.25, -0.2) is 4.79 Å². The topological polar surface area (TPSA) is 79.5 Å². The molecule has 1 fully saturated rings. The molecule has 0 bridgehead atoms. The number of nitrogens with one attached hydrogen (secondary N) is 1. The summed E-state index contributed by atoms with van der Waals surface area (Å²) < 4.78 is 5.35. The van der Waals surface area contributed by atoms with Crippen LogP contribution in [0.5, 0.6) is 0 Å². The molecule has 6 heteroatoms. The van der Waals surface area contributed by atoms with Crippen molar-refractivity contribution < 1.29 is 19.1 Å². The first kappa shape index (κ1) is 14.8. The normalized spacial score (nSPS) is 19.9. The second-order valence-electron chi connectivity index (χ2n) is 5.62. The zero-order valence-electron chi connectivity index (χ0n) is 12.4. The van der Waals surface area contributed by atoms with Crippen LogP contribution in [0.4, 0.5) is 0 Å². The van der Waals surface area contributed by atoms with Crippen molar-refractivity contribution >= 4 is 23.2 Å². The summed E-state index contributed by atoms with van der Waals surface area (Å²) in [6.45, 7) is 3.89. The third kappa shape index (κ3) is 2.78. The van der Waals surface area contributed by atoms with E-state index in [1.165, 1.54) is 16.5 Å². The van der Waals surface area contributed by atoms with Crippen LogP contribution in [-0.4, -0.2) is 17.0 Å². The number of carboxylic acids is 1. The fraction of sp³-hybridized carbons (Fsp3) is 0.375. The van der Waals surface area contributed by atoms with Crippen LogP contribution >= 0.6 is 11.3 Å². The highest BCUT2D eigenvalue weighted by atomic mass is 32.1. The van der Waals surface area contributed by atoms with Crippen LogP contribution in [0.1, 0.15) is 44.7 Å². The number of hydrogen-bond acceptors (Lipinski definition) is 4. The number of thiophene rings is 1. The monoisotopic (exact) mass is 319 g/mol. The largest absolute Gasteiger partial charge is 0.478 e. The molecule has 2 N–H and O–H groups in total. The van der Waals surface area contributed by atoms with Crippen LogP contribution < -0.4 is 5.32 Å². The highest BCUT2D eigenvalue weighted by Crippen LogP contribution is 2.50. The van der Waals surface area contributed by atoms with Gasteiger partial charge in [-0.1, -0.05) is 0 Å². The predicted molar refractivity (Wildman–Crippen MR) is 82.2 cm³/mol. The van der Waals surface area contributed by atoms with Crippen LogP contribution in [0.3, 0.4) is 0 Å². The molecule has 0 aromatic carbocycles. The number of rotatable bonds is 5. The van der Waals surface area contributed by atoms with Crippen molar-refractivity contribution in [3.05, 3.63) is 45.0 Å². The van der Waals surface area contributed by atoms with Crippen LogP contribution in [0.2, 0.25) is 0 Å². The van der Waals surface area contributed by atoms with Gasteiger partial charge in [0.2, 0.25) is 5.91 Å². The van der Waals surface area contributed by atoms with E-state index in [-0.39, 0.29) is 23.9 Å². The standard InChI is InChI=1S/C16H17NO4S/c1-8-3-4-22-14(8)12-6-13(12)15(18)17-7-10-5-11(16(19)20)9(2)21-10/h3-5,12-13H,6-7H2,1-2H3,(H,17,18)(H,19,20)/t12-,13-/m0/s1. The lowest BCUT2D eigenvalue weighted by Gasteiger charge is -2.02. The molecule has 1 saturated carbocycles. The van der Waals surface area contributed by atoms with E-state index in [2.05, 4.69) is 23.7 Å². The minimum atomic E-state index is -1.02. The number of carboxylic acid groups (broad SMARTS) is 1. The average Bonchev–Trinajstić information content (AvgIpc) is 2.99. The van der Waals surface area contributed by atoms with Gasteiger partial charge in [0.15, 0.2) is 0 Å². The Hall–Kier alpha value is -2.08.